The molecule has 2 aliphatic heterocycles. The van der Waals surface area contributed by atoms with E-state index in [-0.39, 0.29) is 0 Å². The van der Waals surface area contributed by atoms with Crippen molar-refractivity contribution >= 4 is 12.6 Å². The van der Waals surface area contributed by atoms with E-state index in [2.05, 4.69) is 51.1 Å². The second-order valence-electron chi connectivity index (χ2n) is 5.19. The number of nitrogens with zero attached hydrogens (tertiary/aromatic N) is 4. The number of nitrogens with one attached hydrogen (secondary N) is 1. The first kappa shape index (κ1) is 18.6. The number of hydrogen-bond acceptors (Lipinski definition) is 4. The number of amidine groups is 1. The Kier molecular flexibility index (Phi) is 8.70. The van der Waals surface area contributed by atoms with E-state index in [9.17, 15) is 0 Å². The summed E-state index contributed by atoms with van der Waals surface area (Å²) < 4.78 is 0. The predicted octanol–water partition coefficient (Wildman–Crippen LogP) is 2.49. The lowest BCUT2D eigenvalue weighted by atomic mass is 10.1. The van der Waals surface area contributed by atoms with Gasteiger partial charge in [-0.05, 0) is 25.0 Å². The first-order valence-electron chi connectivity index (χ1n) is 8.35. The SMILES string of the molecule is C=N/N=C(/C)N1CC=C(CN2CCNCC2)C=C1CC.CC. The van der Waals surface area contributed by atoms with Crippen molar-refractivity contribution in [3.05, 3.63) is 23.4 Å². The van der Waals surface area contributed by atoms with Crippen LogP contribution in [0.25, 0.3) is 0 Å². The molecule has 0 spiro atoms. The van der Waals surface area contributed by atoms with E-state index in [1.807, 2.05) is 20.8 Å². The standard InChI is InChI=1S/C15H25N5.C2H6/c1-4-15-11-14(12-19-9-6-17-7-10-19)5-8-20(15)13(2)18-16-3;1-2/h5,11,17H,3-4,6-10,12H2,1-2H3;1-2H3/b18-13-;. The van der Waals surface area contributed by atoms with Gasteiger partial charge < -0.3 is 10.2 Å². The Bertz CT molecular complexity index is 430. The minimum atomic E-state index is 0.881. The molecule has 22 heavy (non-hydrogen) atoms. The largest absolute Gasteiger partial charge is 0.328 e. The number of hydrogen-bond donors (Lipinski definition) is 1. The second-order valence-corrected chi connectivity index (χ2v) is 5.19. The Balaban J connectivity index is 0.00000116. The first-order chi connectivity index (χ1) is 10.7. The van der Waals surface area contributed by atoms with Gasteiger partial charge in [0.15, 0.2) is 0 Å². The topological polar surface area (TPSA) is 43.2 Å². The molecule has 0 aromatic carbocycles. The summed E-state index contributed by atoms with van der Waals surface area (Å²) in [5, 5.41) is 11.1. The predicted molar refractivity (Wildman–Crippen MR) is 96.5 cm³/mol. The molecule has 124 valence electrons. The fourth-order valence-electron chi connectivity index (χ4n) is 2.70. The van der Waals surface area contributed by atoms with Gasteiger partial charge in [-0.15, -0.1) is 5.10 Å². The quantitative estimate of drug-likeness (QED) is 0.493. The smallest absolute Gasteiger partial charge is 0.128 e. The molecule has 2 rings (SSSR count). The average Bonchev–Trinajstić information content (AvgIpc) is 2.57. The third kappa shape index (κ3) is 5.39. The monoisotopic (exact) mass is 305 g/mol. The maximum absolute atomic E-state index is 4.05. The molecule has 0 aliphatic carbocycles. The molecule has 2 aliphatic rings. The summed E-state index contributed by atoms with van der Waals surface area (Å²) in [4.78, 5) is 4.71. The second kappa shape index (κ2) is 10.3. The normalized spacial score (nSPS) is 19.8. The van der Waals surface area contributed by atoms with Crippen LogP contribution in [0.3, 0.4) is 0 Å². The van der Waals surface area contributed by atoms with Crippen molar-refractivity contribution in [1.82, 2.24) is 15.1 Å². The Morgan fingerprint density at radius 3 is 2.59 bits per heavy atom. The third-order valence-corrected chi connectivity index (χ3v) is 3.82. The Labute approximate surface area is 135 Å². The molecule has 0 aromatic rings. The van der Waals surface area contributed by atoms with Gasteiger partial charge >= 0.3 is 0 Å². The summed E-state index contributed by atoms with van der Waals surface area (Å²) in [6.45, 7) is 18.0. The molecule has 5 heteroatoms. The van der Waals surface area contributed by atoms with Gasteiger partial charge in [0.2, 0.25) is 0 Å². The van der Waals surface area contributed by atoms with E-state index in [1.54, 1.807) is 0 Å². The van der Waals surface area contributed by atoms with Crippen LogP contribution in [0.1, 0.15) is 34.1 Å². The molecule has 1 fully saturated rings. The zero-order chi connectivity index (χ0) is 16.4. The molecule has 0 unspecified atom stereocenters. The van der Waals surface area contributed by atoms with Gasteiger partial charge in [0.1, 0.15) is 5.84 Å². The summed E-state index contributed by atoms with van der Waals surface area (Å²) in [5.41, 5.74) is 2.72. The molecule has 1 N–H and O–H groups in total. The lowest BCUT2D eigenvalue weighted by Gasteiger charge is -2.32. The van der Waals surface area contributed by atoms with Crippen molar-refractivity contribution in [3.63, 3.8) is 0 Å². The van der Waals surface area contributed by atoms with Crippen molar-refractivity contribution in [3.8, 4) is 0 Å². The highest BCUT2D eigenvalue weighted by Gasteiger charge is 2.17. The van der Waals surface area contributed by atoms with Gasteiger partial charge in [-0.2, -0.15) is 5.10 Å². The van der Waals surface area contributed by atoms with Gasteiger partial charge in [-0.3, -0.25) is 4.90 Å². The van der Waals surface area contributed by atoms with Crippen LogP contribution in [0.4, 0.5) is 0 Å². The number of allylic oxidation sites excluding steroid dienone is 1. The van der Waals surface area contributed by atoms with Crippen LogP contribution in [0.5, 0.6) is 0 Å². The van der Waals surface area contributed by atoms with E-state index < -0.39 is 0 Å². The molecular formula is C17H31N5. The van der Waals surface area contributed by atoms with E-state index in [0.717, 1.165) is 51.5 Å². The first-order valence-corrected chi connectivity index (χ1v) is 8.35. The van der Waals surface area contributed by atoms with Gasteiger partial charge in [0, 0.05) is 51.7 Å². The zero-order valence-electron chi connectivity index (χ0n) is 14.6. The van der Waals surface area contributed by atoms with Crippen LogP contribution in [0.2, 0.25) is 0 Å². The molecule has 0 amide bonds. The van der Waals surface area contributed by atoms with Crippen molar-refractivity contribution in [2.75, 3.05) is 39.3 Å². The van der Waals surface area contributed by atoms with Crippen molar-refractivity contribution < 1.29 is 0 Å². The summed E-state index contributed by atoms with van der Waals surface area (Å²) >= 11 is 0. The van der Waals surface area contributed by atoms with Crippen LogP contribution in [-0.2, 0) is 0 Å². The van der Waals surface area contributed by atoms with Crippen molar-refractivity contribution in [2.45, 2.75) is 34.1 Å². The Hall–Kier alpha value is -1.46. The summed E-state index contributed by atoms with van der Waals surface area (Å²) in [7, 11) is 0. The lowest BCUT2D eigenvalue weighted by Crippen LogP contribution is -2.44. The average molecular weight is 305 g/mol. The summed E-state index contributed by atoms with van der Waals surface area (Å²) in [6.07, 6.45) is 5.60. The highest BCUT2D eigenvalue weighted by atomic mass is 15.3. The van der Waals surface area contributed by atoms with Crippen LogP contribution >= 0.6 is 0 Å². The van der Waals surface area contributed by atoms with Gasteiger partial charge in [-0.1, -0.05) is 26.8 Å². The fraction of sp³-hybridized carbons (Fsp3) is 0.647. The van der Waals surface area contributed by atoms with E-state index in [1.165, 1.54) is 11.3 Å². The van der Waals surface area contributed by atoms with Crippen LogP contribution in [0.15, 0.2) is 33.6 Å². The Morgan fingerprint density at radius 2 is 2.00 bits per heavy atom. The molecule has 0 saturated carbocycles. The molecular weight excluding hydrogens is 274 g/mol. The maximum atomic E-state index is 4.05. The lowest BCUT2D eigenvalue weighted by molar-refractivity contribution is 0.260. The maximum Gasteiger partial charge on any atom is 0.128 e. The highest BCUT2D eigenvalue weighted by molar-refractivity contribution is 5.82. The van der Waals surface area contributed by atoms with Crippen LogP contribution in [-0.4, -0.2) is 61.6 Å². The summed E-state index contributed by atoms with van der Waals surface area (Å²) in [6, 6.07) is 0. The molecule has 0 aromatic heterocycles. The van der Waals surface area contributed by atoms with Gasteiger partial charge in [0.25, 0.3) is 0 Å². The number of rotatable bonds is 4. The van der Waals surface area contributed by atoms with Gasteiger partial charge in [-0.25, -0.2) is 0 Å². The molecule has 1 saturated heterocycles. The third-order valence-electron chi connectivity index (χ3n) is 3.82. The highest BCUT2D eigenvalue weighted by Crippen LogP contribution is 2.19. The molecule has 0 radical (unpaired) electrons. The van der Waals surface area contributed by atoms with E-state index in [4.69, 9.17) is 0 Å². The van der Waals surface area contributed by atoms with Crippen molar-refractivity contribution in [1.29, 1.82) is 0 Å². The molecule has 0 bridgehead atoms. The fourth-order valence-corrected chi connectivity index (χ4v) is 2.70. The zero-order valence-corrected chi connectivity index (χ0v) is 14.6. The minimum Gasteiger partial charge on any atom is -0.328 e. The molecule has 2 heterocycles. The molecule has 5 nitrogen and oxygen atoms in total. The van der Waals surface area contributed by atoms with E-state index in [0.29, 0.717) is 0 Å². The Morgan fingerprint density at radius 1 is 1.32 bits per heavy atom. The van der Waals surface area contributed by atoms with Crippen LogP contribution < -0.4 is 5.32 Å². The summed E-state index contributed by atoms with van der Waals surface area (Å²) in [5.74, 6) is 0.908. The van der Waals surface area contributed by atoms with E-state index >= 15 is 0 Å². The van der Waals surface area contributed by atoms with Crippen LogP contribution in [0, 0.1) is 0 Å². The van der Waals surface area contributed by atoms with Gasteiger partial charge in [0.05, 0.1) is 0 Å². The molecule has 0 atom stereocenters. The number of piperazine rings is 1. The van der Waals surface area contributed by atoms with Crippen molar-refractivity contribution in [2.24, 2.45) is 10.2 Å². The minimum absolute atomic E-state index is 0.881.